The van der Waals surface area contributed by atoms with Gasteiger partial charge in [0.15, 0.2) is 0 Å². The summed E-state index contributed by atoms with van der Waals surface area (Å²) in [5.74, 6) is -0.159. The summed E-state index contributed by atoms with van der Waals surface area (Å²) in [6.45, 7) is 7.10. The van der Waals surface area contributed by atoms with Gasteiger partial charge in [-0.05, 0) is 38.5 Å². The van der Waals surface area contributed by atoms with E-state index in [1.165, 1.54) is 0 Å². The predicted octanol–water partition coefficient (Wildman–Crippen LogP) is 2.16. The van der Waals surface area contributed by atoms with Gasteiger partial charge in [-0.3, -0.25) is 9.59 Å². The fraction of sp³-hybridized carbons (Fsp3) is 0.467. The summed E-state index contributed by atoms with van der Waals surface area (Å²) in [5, 5.41) is 2.79. The summed E-state index contributed by atoms with van der Waals surface area (Å²) in [4.78, 5) is 25.4. The number of amides is 2. The van der Waals surface area contributed by atoms with E-state index in [9.17, 15) is 9.59 Å². The van der Waals surface area contributed by atoms with Crippen molar-refractivity contribution in [2.24, 2.45) is 0 Å². The monoisotopic (exact) mass is 277 g/mol. The Morgan fingerprint density at radius 2 is 1.85 bits per heavy atom. The van der Waals surface area contributed by atoms with Crippen molar-refractivity contribution >= 4 is 23.2 Å². The highest BCUT2D eigenvalue weighted by Gasteiger charge is 2.12. The number of aryl methyl sites for hydroxylation is 1. The van der Waals surface area contributed by atoms with E-state index in [-0.39, 0.29) is 24.7 Å². The Labute approximate surface area is 120 Å². The van der Waals surface area contributed by atoms with Crippen LogP contribution in [0.3, 0.4) is 0 Å². The highest BCUT2D eigenvalue weighted by atomic mass is 16.2. The van der Waals surface area contributed by atoms with Crippen LogP contribution in [-0.4, -0.2) is 29.8 Å². The van der Waals surface area contributed by atoms with E-state index >= 15 is 0 Å². The third kappa shape index (κ3) is 4.57. The van der Waals surface area contributed by atoms with E-state index < -0.39 is 0 Å². The number of carbonyl (C=O) groups excluding carboxylic acids is 2. The maximum absolute atomic E-state index is 11.9. The predicted molar refractivity (Wildman–Crippen MR) is 81.4 cm³/mol. The molecule has 1 aromatic carbocycles. The van der Waals surface area contributed by atoms with E-state index in [4.69, 9.17) is 5.73 Å². The zero-order chi connectivity index (χ0) is 15.1. The third-order valence-electron chi connectivity index (χ3n) is 3.22. The van der Waals surface area contributed by atoms with Crippen molar-refractivity contribution in [1.29, 1.82) is 0 Å². The number of hydrogen-bond donors (Lipinski definition) is 2. The molecule has 0 aromatic heterocycles. The average Bonchev–Trinajstić information content (AvgIpc) is 2.42. The molecule has 1 rings (SSSR count). The lowest BCUT2D eigenvalue weighted by molar-refractivity contribution is -0.132. The minimum Gasteiger partial charge on any atom is -0.399 e. The van der Waals surface area contributed by atoms with Gasteiger partial charge in [0, 0.05) is 37.3 Å². The topological polar surface area (TPSA) is 75.4 Å². The first-order chi connectivity index (χ1) is 9.47. The van der Waals surface area contributed by atoms with E-state index in [0.29, 0.717) is 24.5 Å². The molecule has 1 aromatic rings. The van der Waals surface area contributed by atoms with Crippen molar-refractivity contribution in [3.63, 3.8) is 0 Å². The molecule has 0 fully saturated rings. The van der Waals surface area contributed by atoms with Gasteiger partial charge in [-0.1, -0.05) is 6.07 Å². The first kappa shape index (κ1) is 16.0. The summed E-state index contributed by atoms with van der Waals surface area (Å²) in [6, 6.07) is 5.36. The van der Waals surface area contributed by atoms with Gasteiger partial charge in [-0.15, -0.1) is 0 Å². The van der Waals surface area contributed by atoms with Crippen molar-refractivity contribution in [1.82, 2.24) is 4.90 Å². The molecule has 0 heterocycles. The maximum atomic E-state index is 11.9. The largest absolute Gasteiger partial charge is 0.399 e. The lowest BCUT2D eigenvalue weighted by Gasteiger charge is -2.18. The lowest BCUT2D eigenvalue weighted by Crippen LogP contribution is -2.31. The Balaban J connectivity index is 2.52. The zero-order valence-electron chi connectivity index (χ0n) is 12.4. The second kappa shape index (κ2) is 7.53. The van der Waals surface area contributed by atoms with E-state index in [1.54, 1.807) is 17.0 Å². The van der Waals surface area contributed by atoms with Gasteiger partial charge in [0.1, 0.15) is 0 Å². The van der Waals surface area contributed by atoms with Gasteiger partial charge < -0.3 is 16.0 Å². The number of nitrogen functional groups attached to an aromatic ring is 1. The smallest absolute Gasteiger partial charge is 0.224 e. The highest BCUT2D eigenvalue weighted by Crippen LogP contribution is 2.18. The van der Waals surface area contributed by atoms with Crippen LogP contribution in [0.25, 0.3) is 0 Å². The van der Waals surface area contributed by atoms with Gasteiger partial charge >= 0.3 is 0 Å². The normalized spacial score (nSPS) is 10.2. The second-order valence-corrected chi connectivity index (χ2v) is 4.69. The van der Waals surface area contributed by atoms with Crippen molar-refractivity contribution in [2.75, 3.05) is 24.1 Å². The Kier molecular flexibility index (Phi) is 6.03. The molecule has 2 amide bonds. The average molecular weight is 277 g/mol. The number of nitrogens with zero attached hydrogens (tertiary/aromatic N) is 1. The molecule has 0 saturated carbocycles. The standard InChI is InChI=1S/C15H23N3O2/c1-4-18(5-2)15(20)9-8-14(19)17-13-10-12(16)7-6-11(13)3/h6-7,10H,4-5,8-9,16H2,1-3H3,(H,17,19). The maximum Gasteiger partial charge on any atom is 0.224 e. The number of benzene rings is 1. The van der Waals surface area contributed by atoms with Crippen LogP contribution >= 0.6 is 0 Å². The summed E-state index contributed by atoms with van der Waals surface area (Å²) < 4.78 is 0. The molecular formula is C15H23N3O2. The lowest BCUT2D eigenvalue weighted by atomic mass is 10.1. The minimum atomic E-state index is -0.167. The number of nitrogens with two attached hydrogens (primary N) is 1. The van der Waals surface area contributed by atoms with Crippen molar-refractivity contribution in [2.45, 2.75) is 33.6 Å². The van der Waals surface area contributed by atoms with Crippen LogP contribution in [-0.2, 0) is 9.59 Å². The first-order valence-corrected chi connectivity index (χ1v) is 6.91. The van der Waals surface area contributed by atoms with Crippen LogP contribution in [0, 0.1) is 6.92 Å². The fourth-order valence-corrected chi connectivity index (χ4v) is 1.94. The van der Waals surface area contributed by atoms with Gasteiger partial charge in [0.25, 0.3) is 0 Å². The third-order valence-corrected chi connectivity index (χ3v) is 3.22. The summed E-state index contributed by atoms with van der Waals surface area (Å²) >= 11 is 0. The van der Waals surface area contributed by atoms with Crippen LogP contribution in [0.1, 0.15) is 32.3 Å². The first-order valence-electron chi connectivity index (χ1n) is 6.91. The van der Waals surface area contributed by atoms with Crippen LogP contribution in [0.5, 0.6) is 0 Å². The molecule has 0 aliphatic carbocycles. The molecule has 5 nitrogen and oxygen atoms in total. The molecule has 0 unspecified atom stereocenters. The van der Waals surface area contributed by atoms with Gasteiger partial charge in [-0.25, -0.2) is 0 Å². The van der Waals surface area contributed by atoms with Crippen LogP contribution < -0.4 is 11.1 Å². The quantitative estimate of drug-likeness (QED) is 0.782. The minimum absolute atomic E-state index is 0.00875. The Morgan fingerprint density at radius 3 is 2.45 bits per heavy atom. The molecule has 110 valence electrons. The summed E-state index contributed by atoms with van der Waals surface area (Å²) in [5.41, 5.74) is 7.94. The number of hydrogen-bond acceptors (Lipinski definition) is 3. The number of carbonyl (C=O) groups is 2. The van der Waals surface area contributed by atoms with Gasteiger partial charge in [0.2, 0.25) is 11.8 Å². The molecule has 20 heavy (non-hydrogen) atoms. The second-order valence-electron chi connectivity index (χ2n) is 4.69. The molecule has 0 bridgehead atoms. The van der Waals surface area contributed by atoms with E-state index in [1.807, 2.05) is 26.8 Å². The van der Waals surface area contributed by atoms with E-state index in [0.717, 1.165) is 5.56 Å². The van der Waals surface area contributed by atoms with Gasteiger partial charge in [-0.2, -0.15) is 0 Å². The molecular weight excluding hydrogens is 254 g/mol. The van der Waals surface area contributed by atoms with Crippen LogP contribution in [0.2, 0.25) is 0 Å². The molecule has 5 heteroatoms. The molecule has 3 N–H and O–H groups in total. The Hall–Kier alpha value is -2.04. The molecule has 0 spiro atoms. The Bertz CT molecular complexity index is 482. The Morgan fingerprint density at radius 1 is 1.20 bits per heavy atom. The highest BCUT2D eigenvalue weighted by molar-refractivity contribution is 5.94. The van der Waals surface area contributed by atoms with Crippen LogP contribution in [0.15, 0.2) is 18.2 Å². The van der Waals surface area contributed by atoms with Gasteiger partial charge in [0.05, 0.1) is 0 Å². The molecule has 0 aliphatic heterocycles. The van der Waals surface area contributed by atoms with Crippen molar-refractivity contribution < 1.29 is 9.59 Å². The van der Waals surface area contributed by atoms with Crippen molar-refractivity contribution in [3.8, 4) is 0 Å². The van der Waals surface area contributed by atoms with E-state index in [2.05, 4.69) is 5.32 Å². The zero-order valence-corrected chi connectivity index (χ0v) is 12.4. The fourth-order valence-electron chi connectivity index (χ4n) is 1.94. The van der Waals surface area contributed by atoms with Crippen LogP contribution in [0.4, 0.5) is 11.4 Å². The number of rotatable bonds is 6. The van der Waals surface area contributed by atoms with Crippen molar-refractivity contribution in [3.05, 3.63) is 23.8 Å². The number of anilines is 2. The molecule has 0 atom stereocenters. The summed E-state index contributed by atoms with van der Waals surface area (Å²) in [7, 11) is 0. The molecule has 0 aliphatic rings. The molecule has 0 radical (unpaired) electrons. The number of nitrogens with one attached hydrogen (secondary N) is 1. The SMILES string of the molecule is CCN(CC)C(=O)CCC(=O)Nc1cc(N)ccc1C. The molecule has 0 saturated heterocycles. The summed E-state index contributed by atoms with van der Waals surface area (Å²) in [6.07, 6.45) is 0.415.